The molecule has 1 amide bonds. The molecule has 0 fully saturated rings. The first kappa shape index (κ1) is 15.3. The van der Waals surface area contributed by atoms with Crippen molar-refractivity contribution in [2.75, 3.05) is 7.11 Å². The Hall–Kier alpha value is -2.08. The molecule has 5 nitrogen and oxygen atoms in total. The number of methoxy groups -OCH3 is 1. The van der Waals surface area contributed by atoms with Crippen molar-refractivity contribution in [1.82, 2.24) is 5.32 Å². The molecule has 1 heterocycles. The van der Waals surface area contributed by atoms with Crippen molar-refractivity contribution in [2.24, 2.45) is 0 Å². The van der Waals surface area contributed by atoms with Crippen LogP contribution >= 0.6 is 15.9 Å². The maximum Gasteiger partial charge on any atom is 0.317 e. The highest BCUT2D eigenvalue weighted by atomic mass is 79.9. The third kappa shape index (κ3) is 3.52. The Kier molecular flexibility index (Phi) is 4.80. The summed E-state index contributed by atoms with van der Waals surface area (Å²) in [4.78, 5) is 12.1. The van der Waals surface area contributed by atoms with Gasteiger partial charge in [0, 0.05) is 12.1 Å². The number of carbonyl (C=O) groups excluding carboxylic acids is 1. The van der Waals surface area contributed by atoms with Gasteiger partial charge in [-0.3, -0.25) is 4.79 Å². The first-order valence-corrected chi connectivity index (χ1v) is 7.14. The summed E-state index contributed by atoms with van der Waals surface area (Å²) in [6.07, 6.45) is 1.30. The monoisotopic (exact) mass is 350 g/mol. The number of amides is 1. The van der Waals surface area contributed by atoms with E-state index in [-0.39, 0.29) is 11.7 Å². The Morgan fingerprint density at radius 3 is 2.76 bits per heavy atom. The largest absolute Gasteiger partial charge is 0.618 e. The van der Waals surface area contributed by atoms with Gasteiger partial charge in [-0.1, -0.05) is 6.07 Å². The van der Waals surface area contributed by atoms with E-state index in [9.17, 15) is 10.0 Å². The van der Waals surface area contributed by atoms with Crippen molar-refractivity contribution < 1.29 is 14.3 Å². The average molecular weight is 351 g/mol. The molecule has 0 aliphatic rings. The van der Waals surface area contributed by atoms with Crippen molar-refractivity contribution in [3.8, 4) is 5.75 Å². The number of nitrogens with one attached hydrogen (secondary N) is 1. The lowest BCUT2D eigenvalue weighted by Gasteiger charge is -2.15. The molecular formula is C15H15BrN2O3. The fourth-order valence-electron chi connectivity index (χ4n) is 1.91. The molecular weight excluding hydrogens is 336 g/mol. The van der Waals surface area contributed by atoms with Crippen molar-refractivity contribution in [2.45, 2.75) is 13.0 Å². The first-order valence-electron chi connectivity index (χ1n) is 6.35. The summed E-state index contributed by atoms with van der Waals surface area (Å²) in [6, 6.07) is 10.0. The molecule has 0 aliphatic heterocycles. The minimum atomic E-state index is -0.412. The van der Waals surface area contributed by atoms with Gasteiger partial charge in [0.1, 0.15) is 5.75 Å². The number of ether oxygens (including phenoxy) is 1. The zero-order chi connectivity index (χ0) is 15.4. The quantitative estimate of drug-likeness (QED) is 0.680. The number of nitrogens with zero attached hydrogens (tertiary/aromatic N) is 1. The number of aromatic nitrogens is 1. The molecule has 0 unspecified atom stereocenters. The van der Waals surface area contributed by atoms with Crippen molar-refractivity contribution >= 4 is 21.8 Å². The van der Waals surface area contributed by atoms with Gasteiger partial charge >= 0.3 is 5.91 Å². The maximum atomic E-state index is 12.1. The van der Waals surface area contributed by atoms with Gasteiger partial charge in [-0.2, -0.15) is 4.73 Å². The predicted octanol–water partition coefficient (Wildman–Crippen LogP) is 2.58. The molecule has 6 heteroatoms. The normalized spacial score (nSPS) is 11.8. The molecule has 0 bridgehead atoms. The molecule has 0 saturated carbocycles. The standard InChI is InChI=1S/C15H15BrN2O3/c1-10(11-6-7-14(21-2)12(16)9-11)17-15(19)13-5-3-4-8-18(13)20/h3-10H,1-2H3,(H,17,19)/t10-/m0/s1. The van der Waals surface area contributed by atoms with Gasteiger partial charge in [-0.05, 0) is 46.6 Å². The summed E-state index contributed by atoms with van der Waals surface area (Å²) in [5, 5.41) is 14.3. The van der Waals surface area contributed by atoms with Gasteiger partial charge in [-0.25, -0.2) is 0 Å². The van der Waals surface area contributed by atoms with Crippen LogP contribution in [0.2, 0.25) is 0 Å². The summed E-state index contributed by atoms with van der Waals surface area (Å²) >= 11 is 3.41. The first-order chi connectivity index (χ1) is 10.0. The molecule has 2 rings (SSSR count). The second kappa shape index (κ2) is 6.58. The van der Waals surface area contributed by atoms with Crippen LogP contribution in [0.25, 0.3) is 0 Å². The molecule has 0 spiro atoms. The Bertz CT molecular complexity index is 661. The third-order valence-electron chi connectivity index (χ3n) is 3.08. The lowest BCUT2D eigenvalue weighted by molar-refractivity contribution is -0.607. The number of hydrogen-bond acceptors (Lipinski definition) is 3. The van der Waals surface area contributed by atoms with Crippen molar-refractivity contribution in [3.05, 3.63) is 63.5 Å². The molecule has 110 valence electrons. The fourth-order valence-corrected chi connectivity index (χ4v) is 2.47. The minimum absolute atomic E-state index is 0.0666. The Morgan fingerprint density at radius 2 is 2.14 bits per heavy atom. The van der Waals surface area contributed by atoms with E-state index in [0.717, 1.165) is 15.8 Å². The second-order valence-electron chi connectivity index (χ2n) is 4.50. The van der Waals surface area contributed by atoms with E-state index in [0.29, 0.717) is 4.73 Å². The highest BCUT2D eigenvalue weighted by molar-refractivity contribution is 9.10. The van der Waals surface area contributed by atoms with Crippen molar-refractivity contribution in [3.63, 3.8) is 0 Å². The SMILES string of the molecule is COc1ccc([C@H](C)NC(=O)c2cccc[n+]2[O-])cc1Br. The summed E-state index contributed by atoms with van der Waals surface area (Å²) in [5.74, 6) is 0.308. The van der Waals surface area contributed by atoms with Crippen LogP contribution in [0.5, 0.6) is 5.75 Å². The summed E-state index contributed by atoms with van der Waals surface area (Å²) in [7, 11) is 1.59. The molecule has 0 aliphatic carbocycles. The van der Waals surface area contributed by atoms with Crippen LogP contribution < -0.4 is 14.8 Å². The molecule has 1 N–H and O–H groups in total. The highest BCUT2D eigenvalue weighted by Gasteiger charge is 2.18. The summed E-state index contributed by atoms with van der Waals surface area (Å²) < 4.78 is 6.52. The van der Waals surface area contributed by atoms with E-state index in [2.05, 4.69) is 21.2 Å². The number of benzene rings is 1. The Balaban J connectivity index is 2.14. The van der Waals surface area contributed by atoms with Gasteiger partial charge < -0.3 is 15.3 Å². The fraction of sp³-hybridized carbons (Fsp3) is 0.200. The van der Waals surface area contributed by atoms with E-state index < -0.39 is 5.91 Å². The summed E-state index contributed by atoms with van der Waals surface area (Å²) in [5.41, 5.74) is 0.973. The molecule has 21 heavy (non-hydrogen) atoms. The predicted molar refractivity (Wildman–Crippen MR) is 82.0 cm³/mol. The number of pyridine rings is 1. The van der Waals surface area contributed by atoms with Crippen molar-refractivity contribution in [1.29, 1.82) is 0 Å². The lowest BCUT2D eigenvalue weighted by atomic mass is 10.1. The van der Waals surface area contributed by atoms with E-state index in [4.69, 9.17) is 4.74 Å². The second-order valence-corrected chi connectivity index (χ2v) is 5.36. The summed E-state index contributed by atoms with van der Waals surface area (Å²) in [6.45, 7) is 1.85. The number of hydrogen-bond donors (Lipinski definition) is 1. The van der Waals surface area contributed by atoms with Gasteiger partial charge in [0.2, 0.25) is 0 Å². The van der Waals surface area contributed by atoms with Crippen LogP contribution in [-0.4, -0.2) is 13.0 Å². The van der Waals surface area contributed by atoms with Gasteiger partial charge in [0.25, 0.3) is 5.69 Å². The van der Waals surface area contributed by atoms with E-state index in [1.807, 2.05) is 25.1 Å². The third-order valence-corrected chi connectivity index (χ3v) is 3.70. The molecule has 1 atom stereocenters. The average Bonchev–Trinajstić information content (AvgIpc) is 2.47. The Morgan fingerprint density at radius 1 is 1.38 bits per heavy atom. The van der Waals surface area contributed by atoms with Crippen LogP contribution in [0, 0.1) is 5.21 Å². The maximum absolute atomic E-state index is 12.1. The van der Waals surface area contributed by atoms with Crippen LogP contribution in [0.1, 0.15) is 29.0 Å². The molecule has 0 radical (unpaired) electrons. The zero-order valence-electron chi connectivity index (χ0n) is 11.7. The molecule has 2 aromatic rings. The molecule has 1 aromatic carbocycles. The smallest absolute Gasteiger partial charge is 0.317 e. The molecule has 0 saturated heterocycles. The minimum Gasteiger partial charge on any atom is -0.618 e. The van der Waals surface area contributed by atoms with Gasteiger partial charge in [0.05, 0.1) is 17.6 Å². The zero-order valence-corrected chi connectivity index (χ0v) is 13.3. The number of halogens is 1. The topological polar surface area (TPSA) is 65.3 Å². The Labute approximate surface area is 131 Å². The van der Waals surface area contributed by atoms with Crippen LogP contribution in [-0.2, 0) is 0 Å². The number of rotatable bonds is 4. The lowest BCUT2D eigenvalue weighted by Crippen LogP contribution is -2.39. The van der Waals surface area contributed by atoms with Gasteiger partial charge in [-0.15, -0.1) is 0 Å². The number of carbonyl (C=O) groups is 1. The van der Waals surface area contributed by atoms with Crippen LogP contribution in [0.4, 0.5) is 0 Å². The molecule has 1 aromatic heterocycles. The van der Waals surface area contributed by atoms with Crippen LogP contribution in [0.3, 0.4) is 0 Å². The van der Waals surface area contributed by atoms with Crippen LogP contribution in [0.15, 0.2) is 47.1 Å². The van der Waals surface area contributed by atoms with E-state index in [1.54, 1.807) is 19.2 Å². The highest BCUT2D eigenvalue weighted by Crippen LogP contribution is 2.27. The van der Waals surface area contributed by atoms with E-state index in [1.165, 1.54) is 12.3 Å². The van der Waals surface area contributed by atoms with E-state index >= 15 is 0 Å². The van der Waals surface area contributed by atoms with Gasteiger partial charge in [0.15, 0.2) is 6.20 Å².